The highest BCUT2D eigenvalue weighted by molar-refractivity contribution is 7.90. The third-order valence-corrected chi connectivity index (χ3v) is 4.17. The minimum absolute atomic E-state index is 0.149. The van der Waals surface area contributed by atoms with Crippen LogP contribution in [0.4, 0.5) is 0 Å². The number of hydrogen-bond donors (Lipinski definition) is 1. The molecular formula is C9H20ClNO2S. The van der Waals surface area contributed by atoms with Gasteiger partial charge in [-0.1, -0.05) is 13.8 Å². The fourth-order valence-corrected chi connectivity index (χ4v) is 2.29. The van der Waals surface area contributed by atoms with Crippen molar-refractivity contribution >= 4 is 21.6 Å². The van der Waals surface area contributed by atoms with Crippen LogP contribution in [0.1, 0.15) is 34.1 Å². The first-order chi connectivity index (χ1) is 6.29. The molecule has 1 unspecified atom stereocenters. The molecule has 0 heterocycles. The van der Waals surface area contributed by atoms with Gasteiger partial charge in [0, 0.05) is 11.9 Å². The summed E-state index contributed by atoms with van der Waals surface area (Å²) in [5.41, 5.74) is 0. The van der Waals surface area contributed by atoms with Crippen LogP contribution in [0.2, 0.25) is 0 Å². The Morgan fingerprint density at radius 2 is 1.71 bits per heavy atom. The third kappa shape index (κ3) is 5.17. The molecule has 1 atom stereocenters. The minimum Gasteiger partial charge on any atom is -0.212 e. The van der Waals surface area contributed by atoms with Crippen LogP contribution in [0.5, 0.6) is 0 Å². The second-order valence-electron chi connectivity index (χ2n) is 4.19. The molecule has 14 heavy (non-hydrogen) atoms. The van der Waals surface area contributed by atoms with Gasteiger partial charge in [0.25, 0.3) is 0 Å². The molecule has 0 spiro atoms. The third-order valence-electron chi connectivity index (χ3n) is 1.89. The zero-order valence-electron chi connectivity index (χ0n) is 9.25. The average molecular weight is 242 g/mol. The lowest BCUT2D eigenvalue weighted by atomic mass is 10.1. The van der Waals surface area contributed by atoms with E-state index < -0.39 is 15.3 Å². The molecule has 0 aliphatic carbocycles. The highest BCUT2D eigenvalue weighted by Crippen LogP contribution is 2.09. The summed E-state index contributed by atoms with van der Waals surface area (Å²) < 4.78 is 25.6. The lowest BCUT2D eigenvalue weighted by molar-refractivity contribution is 0.482. The molecular weight excluding hydrogens is 222 g/mol. The molecule has 0 fully saturated rings. The smallest absolute Gasteiger partial charge is 0.212 e. The molecule has 0 aromatic heterocycles. The molecule has 0 rings (SSSR count). The van der Waals surface area contributed by atoms with E-state index in [1.165, 1.54) is 0 Å². The number of nitrogens with one attached hydrogen (secondary N) is 1. The van der Waals surface area contributed by atoms with Gasteiger partial charge in [-0.2, -0.15) is 0 Å². The van der Waals surface area contributed by atoms with Gasteiger partial charge in [-0.15, -0.1) is 11.6 Å². The Labute approximate surface area is 92.3 Å². The van der Waals surface area contributed by atoms with Crippen LogP contribution < -0.4 is 4.72 Å². The lowest BCUT2D eigenvalue weighted by Gasteiger charge is -2.19. The molecule has 0 bridgehead atoms. The van der Waals surface area contributed by atoms with Crippen molar-refractivity contribution < 1.29 is 8.42 Å². The number of alkyl halides is 1. The number of rotatable bonds is 6. The first-order valence-corrected chi connectivity index (χ1v) is 6.94. The summed E-state index contributed by atoms with van der Waals surface area (Å²) >= 11 is 5.70. The summed E-state index contributed by atoms with van der Waals surface area (Å²) in [6.45, 7) is 7.40. The maximum absolute atomic E-state index is 11.5. The maximum Gasteiger partial charge on any atom is 0.214 e. The van der Waals surface area contributed by atoms with E-state index in [9.17, 15) is 8.42 Å². The first-order valence-electron chi connectivity index (χ1n) is 4.86. The summed E-state index contributed by atoms with van der Waals surface area (Å²) in [6, 6.07) is -0.149. The maximum atomic E-state index is 11.5. The lowest BCUT2D eigenvalue weighted by Crippen LogP contribution is -2.40. The Morgan fingerprint density at radius 3 is 2.00 bits per heavy atom. The SMILES string of the molecule is CC(C)CC(CCl)NS(=O)(=O)C(C)C. The molecule has 0 aliphatic rings. The van der Waals surface area contributed by atoms with Crippen molar-refractivity contribution in [2.24, 2.45) is 5.92 Å². The van der Waals surface area contributed by atoms with Crippen molar-refractivity contribution in [1.82, 2.24) is 4.72 Å². The van der Waals surface area contributed by atoms with Crippen molar-refractivity contribution in [3.63, 3.8) is 0 Å². The molecule has 0 amide bonds. The predicted molar refractivity (Wildman–Crippen MR) is 61.2 cm³/mol. The standard InChI is InChI=1S/C9H20ClNO2S/c1-7(2)5-9(6-10)11-14(12,13)8(3)4/h7-9,11H,5-6H2,1-4H3. The van der Waals surface area contributed by atoms with Gasteiger partial charge < -0.3 is 0 Å². The Balaban J connectivity index is 4.32. The summed E-state index contributed by atoms with van der Waals surface area (Å²) in [7, 11) is -3.19. The molecule has 86 valence electrons. The monoisotopic (exact) mass is 241 g/mol. The average Bonchev–Trinajstić information content (AvgIpc) is 2.01. The molecule has 0 saturated heterocycles. The first kappa shape index (κ1) is 14.2. The van der Waals surface area contributed by atoms with Crippen LogP contribution in [0.15, 0.2) is 0 Å². The van der Waals surface area contributed by atoms with E-state index in [0.717, 1.165) is 6.42 Å². The van der Waals surface area contributed by atoms with Crippen LogP contribution in [0, 0.1) is 5.92 Å². The minimum atomic E-state index is -3.19. The fraction of sp³-hybridized carbons (Fsp3) is 1.00. The topological polar surface area (TPSA) is 46.2 Å². The van der Waals surface area contributed by atoms with Gasteiger partial charge in [-0.3, -0.25) is 0 Å². The molecule has 3 nitrogen and oxygen atoms in total. The highest BCUT2D eigenvalue weighted by atomic mass is 35.5. The van der Waals surface area contributed by atoms with Gasteiger partial charge in [-0.05, 0) is 26.2 Å². The van der Waals surface area contributed by atoms with Crippen molar-refractivity contribution in [3.05, 3.63) is 0 Å². The zero-order valence-corrected chi connectivity index (χ0v) is 10.8. The molecule has 0 radical (unpaired) electrons. The predicted octanol–water partition coefficient (Wildman–Crippen LogP) is 1.97. The molecule has 5 heteroatoms. The Kier molecular flexibility index (Phi) is 6.02. The van der Waals surface area contributed by atoms with Crippen LogP contribution in [-0.2, 0) is 10.0 Å². The van der Waals surface area contributed by atoms with Gasteiger partial charge in [0.2, 0.25) is 10.0 Å². The van der Waals surface area contributed by atoms with Crippen molar-refractivity contribution in [1.29, 1.82) is 0 Å². The molecule has 0 saturated carbocycles. The van der Waals surface area contributed by atoms with Crippen molar-refractivity contribution in [2.45, 2.75) is 45.4 Å². The molecule has 1 N–H and O–H groups in total. The summed E-state index contributed by atoms with van der Waals surface area (Å²) in [5, 5.41) is -0.402. The quantitative estimate of drug-likeness (QED) is 0.723. The van der Waals surface area contributed by atoms with E-state index in [1.807, 2.05) is 13.8 Å². The largest absolute Gasteiger partial charge is 0.214 e. The van der Waals surface area contributed by atoms with E-state index in [-0.39, 0.29) is 6.04 Å². The van der Waals surface area contributed by atoms with Gasteiger partial charge >= 0.3 is 0 Å². The van der Waals surface area contributed by atoms with Crippen LogP contribution in [0.3, 0.4) is 0 Å². The number of hydrogen-bond acceptors (Lipinski definition) is 2. The van der Waals surface area contributed by atoms with E-state index in [4.69, 9.17) is 11.6 Å². The molecule has 0 aromatic carbocycles. The van der Waals surface area contributed by atoms with Crippen LogP contribution >= 0.6 is 11.6 Å². The van der Waals surface area contributed by atoms with Gasteiger partial charge in [0.15, 0.2) is 0 Å². The van der Waals surface area contributed by atoms with Gasteiger partial charge in [0.1, 0.15) is 0 Å². The summed E-state index contributed by atoms with van der Waals surface area (Å²) in [5.74, 6) is 0.762. The van der Waals surface area contributed by atoms with Crippen molar-refractivity contribution in [3.8, 4) is 0 Å². The number of sulfonamides is 1. The van der Waals surface area contributed by atoms with E-state index >= 15 is 0 Å². The Bertz CT molecular complexity index is 250. The zero-order chi connectivity index (χ0) is 11.4. The van der Waals surface area contributed by atoms with Crippen molar-refractivity contribution in [2.75, 3.05) is 5.88 Å². The summed E-state index contributed by atoms with van der Waals surface area (Å²) in [6.07, 6.45) is 0.773. The van der Waals surface area contributed by atoms with Gasteiger partial charge in [-0.25, -0.2) is 13.1 Å². The second-order valence-corrected chi connectivity index (χ2v) is 6.77. The van der Waals surface area contributed by atoms with E-state index in [2.05, 4.69) is 4.72 Å². The fourth-order valence-electron chi connectivity index (χ4n) is 1.08. The molecule has 0 aromatic rings. The second kappa shape index (κ2) is 5.93. The highest BCUT2D eigenvalue weighted by Gasteiger charge is 2.21. The Morgan fingerprint density at radius 1 is 1.21 bits per heavy atom. The summed E-state index contributed by atoms with van der Waals surface area (Å²) in [4.78, 5) is 0. The van der Waals surface area contributed by atoms with E-state index in [0.29, 0.717) is 11.8 Å². The van der Waals surface area contributed by atoms with Crippen LogP contribution in [-0.4, -0.2) is 25.6 Å². The van der Waals surface area contributed by atoms with Crippen LogP contribution in [0.25, 0.3) is 0 Å². The number of halogens is 1. The molecule has 0 aliphatic heterocycles. The Hall–Kier alpha value is 0.200. The van der Waals surface area contributed by atoms with E-state index in [1.54, 1.807) is 13.8 Å². The normalized spacial score (nSPS) is 15.1. The van der Waals surface area contributed by atoms with Gasteiger partial charge in [0.05, 0.1) is 5.25 Å².